The Hall–Kier alpha value is -0.940. The average molecular weight is 288 g/mol. The summed E-state index contributed by atoms with van der Waals surface area (Å²) in [5.41, 5.74) is 5.49. The minimum Gasteiger partial charge on any atom is -0.488 e. The van der Waals surface area contributed by atoms with Crippen LogP contribution >= 0.6 is 15.9 Å². The van der Waals surface area contributed by atoms with E-state index in [1.807, 2.05) is 0 Å². The highest BCUT2D eigenvalue weighted by Gasteiger charge is 2.27. The van der Waals surface area contributed by atoms with E-state index in [4.69, 9.17) is 10.5 Å². The number of carbonyl (C=O) groups excluding carboxylic acids is 1. The van der Waals surface area contributed by atoms with E-state index in [9.17, 15) is 9.18 Å². The molecule has 1 saturated carbocycles. The highest BCUT2D eigenvalue weighted by Crippen LogP contribution is 2.35. The summed E-state index contributed by atoms with van der Waals surface area (Å²) in [6, 6.07) is 2.45. The van der Waals surface area contributed by atoms with E-state index in [-0.39, 0.29) is 24.0 Å². The first kappa shape index (κ1) is 11.5. The van der Waals surface area contributed by atoms with Gasteiger partial charge in [0.15, 0.2) is 5.78 Å². The number of carbonyl (C=O) groups is 1. The molecule has 0 amide bonds. The highest BCUT2D eigenvalue weighted by atomic mass is 79.9. The predicted molar refractivity (Wildman–Crippen MR) is 61.1 cm³/mol. The number of hydrogen-bond acceptors (Lipinski definition) is 3. The third-order valence-corrected chi connectivity index (χ3v) is 2.89. The van der Waals surface area contributed by atoms with Gasteiger partial charge in [0.1, 0.15) is 11.6 Å². The van der Waals surface area contributed by atoms with Crippen molar-refractivity contribution in [1.82, 2.24) is 0 Å². The van der Waals surface area contributed by atoms with Crippen molar-refractivity contribution in [2.24, 2.45) is 5.73 Å². The van der Waals surface area contributed by atoms with Gasteiger partial charge in [-0.05, 0) is 40.9 Å². The maximum Gasteiger partial charge on any atom is 0.180 e. The second kappa shape index (κ2) is 4.51. The minimum absolute atomic E-state index is 0.145. The summed E-state index contributed by atoms with van der Waals surface area (Å²) in [5, 5.41) is 0. The molecule has 3 nitrogen and oxygen atoms in total. The Morgan fingerprint density at radius 1 is 1.56 bits per heavy atom. The van der Waals surface area contributed by atoms with E-state index >= 15 is 0 Å². The van der Waals surface area contributed by atoms with Crippen LogP contribution in [0.5, 0.6) is 5.75 Å². The van der Waals surface area contributed by atoms with Gasteiger partial charge in [-0.3, -0.25) is 4.79 Å². The Labute approximate surface area is 101 Å². The molecule has 2 N–H and O–H groups in total. The topological polar surface area (TPSA) is 52.3 Å². The van der Waals surface area contributed by atoms with Gasteiger partial charge in [0.2, 0.25) is 0 Å². The largest absolute Gasteiger partial charge is 0.488 e. The quantitative estimate of drug-likeness (QED) is 0.865. The lowest BCUT2D eigenvalue weighted by atomic mass is 10.1. The zero-order valence-electron chi connectivity index (χ0n) is 8.50. The number of ether oxygens (including phenoxy) is 1. The van der Waals surface area contributed by atoms with Crippen molar-refractivity contribution < 1.29 is 13.9 Å². The van der Waals surface area contributed by atoms with Crippen molar-refractivity contribution in [3.63, 3.8) is 0 Å². The average Bonchev–Trinajstić information content (AvgIpc) is 3.04. The third kappa shape index (κ3) is 2.41. The smallest absolute Gasteiger partial charge is 0.180 e. The van der Waals surface area contributed by atoms with Crippen LogP contribution in [-0.2, 0) is 0 Å². The van der Waals surface area contributed by atoms with Crippen LogP contribution in [0.4, 0.5) is 4.39 Å². The highest BCUT2D eigenvalue weighted by molar-refractivity contribution is 9.10. The third-order valence-electron chi connectivity index (χ3n) is 2.30. The van der Waals surface area contributed by atoms with Gasteiger partial charge >= 0.3 is 0 Å². The van der Waals surface area contributed by atoms with E-state index < -0.39 is 5.82 Å². The summed E-state index contributed by atoms with van der Waals surface area (Å²) in [7, 11) is 0. The van der Waals surface area contributed by atoms with E-state index in [0.29, 0.717) is 10.2 Å². The molecule has 0 bridgehead atoms. The molecule has 86 valence electrons. The van der Waals surface area contributed by atoms with Crippen molar-refractivity contribution >= 4 is 21.7 Å². The van der Waals surface area contributed by atoms with Crippen molar-refractivity contribution in [3.05, 3.63) is 28.0 Å². The normalized spacial score (nSPS) is 14.9. The first-order chi connectivity index (χ1) is 7.61. The van der Waals surface area contributed by atoms with Crippen LogP contribution in [0, 0.1) is 5.82 Å². The number of benzene rings is 1. The zero-order valence-corrected chi connectivity index (χ0v) is 10.1. The van der Waals surface area contributed by atoms with Crippen LogP contribution in [0.15, 0.2) is 16.6 Å². The molecule has 1 aliphatic rings. The molecule has 0 radical (unpaired) electrons. The van der Waals surface area contributed by atoms with Crippen LogP contribution in [-0.4, -0.2) is 18.4 Å². The van der Waals surface area contributed by atoms with Crippen molar-refractivity contribution in [3.8, 4) is 5.75 Å². The molecule has 2 rings (SSSR count). The molecule has 1 aliphatic carbocycles. The molecule has 5 heteroatoms. The number of rotatable bonds is 4. The number of halogens is 2. The van der Waals surface area contributed by atoms with Crippen molar-refractivity contribution in [2.45, 2.75) is 18.9 Å². The maximum atomic E-state index is 13.2. The Bertz CT molecular complexity index is 432. The SMILES string of the molecule is NCC(=O)c1cc(F)cc(Br)c1OC1CC1. The van der Waals surface area contributed by atoms with Gasteiger partial charge in [-0.15, -0.1) is 0 Å². The van der Waals surface area contributed by atoms with Gasteiger partial charge in [-0.25, -0.2) is 4.39 Å². The molecule has 16 heavy (non-hydrogen) atoms. The van der Waals surface area contributed by atoms with Gasteiger partial charge in [0.25, 0.3) is 0 Å². The molecule has 0 aromatic heterocycles. The number of Topliss-reactive ketones (excluding diaryl/α,β-unsaturated/α-hetero) is 1. The van der Waals surface area contributed by atoms with Crippen LogP contribution in [0.25, 0.3) is 0 Å². The van der Waals surface area contributed by atoms with Crippen LogP contribution in [0.3, 0.4) is 0 Å². The summed E-state index contributed by atoms with van der Waals surface area (Å²) in [6.45, 7) is -0.156. The number of ketones is 1. The first-order valence-electron chi connectivity index (χ1n) is 5.00. The van der Waals surface area contributed by atoms with Gasteiger partial charge < -0.3 is 10.5 Å². The van der Waals surface area contributed by atoms with E-state index in [1.165, 1.54) is 6.07 Å². The Morgan fingerprint density at radius 2 is 2.25 bits per heavy atom. The number of nitrogens with two attached hydrogens (primary N) is 1. The van der Waals surface area contributed by atoms with Crippen LogP contribution in [0.2, 0.25) is 0 Å². The fourth-order valence-corrected chi connectivity index (χ4v) is 1.88. The summed E-state index contributed by atoms with van der Waals surface area (Å²) >= 11 is 3.19. The lowest BCUT2D eigenvalue weighted by Crippen LogP contribution is -2.16. The Balaban J connectivity index is 2.40. The zero-order chi connectivity index (χ0) is 11.7. The fraction of sp³-hybridized carbons (Fsp3) is 0.364. The monoisotopic (exact) mass is 287 g/mol. The fourth-order valence-electron chi connectivity index (χ4n) is 1.35. The van der Waals surface area contributed by atoms with Crippen molar-refractivity contribution in [1.29, 1.82) is 0 Å². The number of hydrogen-bond donors (Lipinski definition) is 1. The van der Waals surface area contributed by atoms with E-state index in [1.54, 1.807) is 0 Å². The van der Waals surface area contributed by atoms with Gasteiger partial charge in [0, 0.05) is 0 Å². The molecular formula is C11H11BrFNO2. The lowest BCUT2D eigenvalue weighted by molar-refractivity contribution is 0.0996. The summed E-state index contributed by atoms with van der Waals surface area (Å²) in [5.74, 6) is -0.401. The Kier molecular flexibility index (Phi) is 3.25. The second-order valence-electron chi connectivity index (χ2n) is 3.71. The van der Waals surface area contributed by atoms with Gasteiger partial charge in [0.05, 0.1) is 22.7 Å². The van der Waals surface area contributed by atoms with Gasteiger partial charge in [-0.2, -0.15) is 0 Å². The molecule has 0 unspecified atom stereocenters. The van der Waals surface area contributed by atoms with Gasteiger partial charge in [-0.1, -0.05) is 0 Å². The summed E-state index contributed by atoms with van der Waals surface area (Å²) in [4.78, 5) is 11.5. The summed E-state index contributed by atoms with van der Waals surface area (Å²) in [6.07, 6.45) is 2.09. The molecule has 1 fully saturated rings. The standard InChI is InChI=1S/C11H11BrFNO2/c12-9-4-6(13)3-8(10(15)5-14)11(9)16-7-1-2-7/h3-4,7H,1-2,5,14H2. The minimum atomic E-state index is -0.480. The molecule has 1 aromatic carbocycles. The van der Waals surface area contributed by atoms with Crippen molar-refractivity contribution in [2.75, 3.05) is 6.54 Å². The predicted octanol–water partition coefficient (Wildman–Crippen LogP) is 2.27. The first-order valence-corrected chi connectivity index (χ1v) is 5.80. The summed E-state index contributed by atoms with van der Waals surface area (Å²) < 4.78 is 19.2. The second-order valence-corrected chi connectivity index (χ2v) is 4.56. The molecule has 0 heterocycles. The van der Waals surface area contributed by atoms with Crippen LogP contribution in [0.1, 0.15) is 23.2 Å². The molecule has 0 saturated heterocycles. The van der Waals surface area contributed by atoms with E-state index in [2.05, 4.69) is 15.9 Å². The van der Waals surface area contributed by atoms with E-state index in [0.717, 1.165) is 18.9 Å². The Morgan fingerprint density at radius 3 is 2.81 bits per heavy atom. The molecule has 1 aromatic rings. The molecule has 0 spiro atoms. The molecular weight excluding hydrogens is 277 g/mol. The maximum absolute atomic E-state index is 13.2. The van der Waals surface area contributed by atoms with Crippen LogP contribution < -0.4 is 10.5 Å². The molecule has 0 aliphatic heterocycles. The molecule has 0 atom stereocenters. The lowest BCUT2D eigenvalue weighted by Gasteiger charge is -2.11.